The zero-order chi connectivity index (χ0) is 12.4. The molecule has 0 radical (unpaired) electrons. The summed E-state index contributed by atoms with van der Waals surface area (Å²) in [5, 5.41) is 1.10. The predicted molar refractivity (Wildman–Crippen MR) is 67.0 cm³/mol. The summed E-state index contributed by atoms with van der Waals surface area (Å²) in [4.78, 5) is 8.85. The Bertz CT molecular complexity index is 560. The van der Waals surface area contributed by atoms with Crippen LogP contribution in [0.4, 0.5) is 4.39 Å². The molecule has 2 nitrogen and oxygen atoms in total. The molecular weight excluding hydrogens is 259 g/mol. The topological polar surface area (TPSA) is 25.8 Å². The molecule has 0 N–H and O–H groups in total. The average molecular weight is 269 g/mol. The van der Waals surface area contributed by atoms with Gasteiger partial charge in [-0.2, -0.15) is 0 Å². The number of nitrogens with zero attached hydrogens (tertiary/aromatic N) is 2. The van der Waals surface area contributed by atoms with E-state index in [2.05, 4.69) is 9.97 Å². The zero-order valence-corrected chi connectivity index (χ0v) is 10.9. The lowest BCUT2D eigenvalue weighted by molar-refractivity contribution is 0.602. The van der Waals surface area contributed by atoms with E-state index in [0.717, 1.165) is 5.56 Å². The molecule has 1 heterocycles. The van der Waals surface area contributed by atoms with Crippen molar-refractivity contribution in [2.24, 2.45) is 0 Å². The first-order valence-electron chi connectivity index (χ1n) is 5.01. The Kier molecular flexibility index (Phi) is 3.64. The molecule has 0 aliphatic rings. The fourth-order valence-corrected chi connectivity index (χ4v) is 2.52. The van der Waals surface area contributed by atoms with E-state index in [1.807, 2.05) is 6.92 Å². The van der Waals surface area contributed by atoms with E-state index < -0.39 is 0 Å². The highest BCUT2D eigenvalue weighted by molar-refractivity contribution is 7.99. The third kappa shape index (κ3) is 2.76. The van der Waals surface area contributed by atoms with E-state index in [1.165, 1.54) is 17.8 Å². The van der Waals surface area contributed by atoms with Gasteiger partial charge in [-0.15, -0.1) is 0 Å². The smallest absolute Gasteiger partial charge is 0.137 e. The minimum atomic E-state index is -0.260. The van der Waals surface area contributed by atoms with Gasteiger partial charge in [0.2, 0.25) is 0 Å². The van der Waals surface area contributed by atoms with Crippen LogP contribution in [-0.2, 0) is 0 Å². The van der Waals surface area contributed by atoms with Gasteiger partial charge in [0.05, 0.1) is 0 Å². The summed E-state index contributed by atoms with van der Waals surface area (Å²) in [6.45, 7) is 3.59. The largest absolute Gasteiger partial charge is 0.226 e. The molecule has 0 aliphatic carbocycles. The minimum absolute atomic E-state index is 0.260. The molecule has 2 aromatic rings. The number of benzene rings is 1. The molecule has 0 amide bonds. The van der Waals surface area contributed by atoms with Crippen molar-refractivity contribution in [3.8, 4) is 0 Å². The van der Waals surface area contributed by atoms with E-state index in [1.54, 1.807) is 25.1 Å². The molecule has 2 rings (SSSR count). The summed E-state index contributed by atoms with van der Waals surface area (Å²) in [6.07, 6.45) is 0. The Morgan fingerprint density at radius 1 is 1.18 bits per heavy atom. The van der Waals surface area contributed by atoms with Gasteiger partial charge in [-0.1, -0.05) is 35.5 Å². The van der Waals surface area contributed by atoms with Crippen LogP contribution in [0.1, 0.15) is 11.4 Å². The maximum Gasteiger partial charge on any atom is 0.137 e. The second kappa shape index (κ2) is 5.02. The Hall–Kier alpha value is -1.13. The fraction of sp³-hybridized carbons (Fsp3) is 0.167. The second-order valence-corrected chi connectivity index (χ2v) is 4.91. The summed E-state index contributed by atoms with van der Waals surface area (Å²) in [5.74, 6) is 0.323. The highest BCUT2D eigenvalue weighted by Crippen LogP contribution is 2.32. The van der Waals surface area contributed by atoms with Crippen molar-refractivity contribution in [3.05, 3.63) is 46.6 Å². The maximum absolute atomic E-state index is 13.5. The third-order valence-corrected chi connectivity index (χ3v) is 3.71. The molecule has 1 aromatic carbocycles. The molecule has 0 atom stereocenters. The van der Waals surface area contributed by atoms with Crippen LogP contribution in [0.3, 0.4) is 0 Å². The zero-order valence-electron chi connectivity index (χ0n) is 9.37. The van der Waals surface area contributed by atoms with Gasteiger partial charge in [0.15, 0.2) is 0 Å². The van der Waals surface area contributed by atoms with Crippen molar-refractivity contribution in [2.45, 2.75) is 23.8 Å². The summed E-state index contributed by atoms with van der Waals surface area (Å²) in [5.41, 5.74) is 0.769. The Labute approximate surface area is 108 Å². The molecule has 88 valence electrons. The first-order valence-corrected chi connectivity index (χ1v) is 6.20. The molecule has 5 heteroatoms. The molecular formula is C12H10ClFN2S. The summed E-state index contributed by atoms with van der Waals surface area (Å²) >= 11 is 7.23. The van der Waals surface area contributed by atoms with Gasteiger partial charge in [-0.05, 0) is 26.0 Å². The van der Waals surface area contributed by atoms with Gasteiger partial charge < -0.3 is 0 Å². The van der Waals surface area contributed by atoms with Gasteiger partial charge in [0.25, 0.3) is 0 Å². The third-order valence-electron chi connectivity index (χ3n) is 2.20. The summed E-state index contributed by atoms with van der Waals surface area (Å²) in [7, 11) is 0. The van der Waals surface area contributed by atoms with Crippen LogP contribution in [0.15, 0.2) is 34.2 Å². The molecule has 1 aromatic heterocycles. The van der Waals surface area contributed by atoms with Crippen molar-refractivity contribution in [1.29, 1.82) is 0 Å². The van der Waals surface area contributed by atoms with Crippen molar-refractivity contribution in [3.63, 3.8) is 0 Å². The predicted octanol–water partition coefficient (Wildman–Crippen LogP) is 4.04. The number of halogens is 2. The van der Waals surface area contributed by atoms with Crippen LogP contribution in [0.25, 0.3) is 0 Å². The highest BCUT2D eigenvalue weighted by Gasteiger charge is 2.11. The van der Waals surface area contributed by atoms with Gasteiger partial charge in [-0.25, -0.2) is 14.4 Å². The van der Waals surface area contributed by atoms with E-state index >= 15 is 0 Å². The minimum Gasteiger partial charge on any atom is -0.226 e. The van der Waals surface area contributed by atoms with Crippen molar-refractivity contribution >= 4 is 23.4 Å². The lowest BCUT2D eigenvalue weighted by Gasteiger charge is -2.07. The van der Waals surface area contributed by atoms with Crippen molar-refractivity contribution < 1.29 is 4.39 Å². The van der Waals surface area contributed by atoms with Crippen molar-refractivity contribution in [2.75, 3.05) is 0 Å². The average Bonchev–Trinajstić information content (AvgIpc) is 2.28. The normalized spacial score (nSPS) is 10.6. The number of aryl methyl sites for hydroxylation is 1. The lowest BCUT2D eigenvalue weighted by Crippen LogP contribution is -1.95. The highest BCUT2D eigenvalue weighted by atomic mass is 35.5. The quantitative estimate of drug-likeness (QED) is 0.769. The monoisotopic (exact) mass is 268 g/mol. The van der Waals surface area contributed by atoms with Crippen LogP contribution in [0.5, 0.6) is 0 Å². The van der Waals surface area contributed by atoms with Gasteiger partial charge in [0, 0.05) is 10.5 Å². The fourth-order valence-electron chi connectivity index (χ4n) is 1.30. The van der Waals surface area contributed by atoms with Crippen LogP contribution in [0, 0.1) is 19.7 Å². The summed E-state index contributed by atoms with van der Waals surface area (Å²) in [6, 6.07) is 6.58. The van der Waals surface area contributed by atoms with Gasteiger partial charge >= 0.3 is 0 Å². The molecule has 0 bridgehead atoms. The molecule has 0 saturated carbocycles. The molecule has 0 saturated heterocycles. The molecule has 0 unspecified atom stereocenters. The van der Waals surface area contributed by atoms with Crippen molar-refractivity contribution in [1.82, 2.24) is 9.97 Å². The standard InChI is InChI=1S/C12H10ClFN2S/c1-7-11(13)15-8(2)16-12(7)17-10-6-4-3-5-9(10)14/h3-6H,1-2H3. The number of aromatic nitrogens is 2. The number of hydrogen-bond acceptors (Lipinski definition) is 3. The Morgan fingerprint density at radius 3 is 2.59 bits per heavy atom. The van der Waals surface area contributed by atoms with Crippen LogP contribution in [0.2, 0.25) is 5.15 Å². The van der Waals surface area contributed by atoms with E-state index in [0.29, 0.717) is 20.9 Å². The van der Waals surface area contributed by atoms with Gasteiger partial charge in [-0.3, -0.25) is 0 Å². The molecule has 0 spiro atoms. The molecule has 17 heavy (non-hydrogen) atoms. The first kappa shape index (κ1) is 12.3. The maximum atomic E-state index is 13.5. The first-order chi connectivity index (χ1) is 8.08. The molecule has 0 aliphatic heterocycles. The SMILES string of the molecule is Cc1nc(Cl)c(C)c(Sc2ccccc2F)n1. The van der Waals surface area contributed by atoms with E-state index in [9.17, 15) is 4.39 Å². The van der Waals surface area contributed by atoms with Gasteiger partial charge in [0.1, 0.15) is 21.8 Å². The van der Waals surface area contributed by atoms with Crippen LogP contribution in [-0.4, -0.2) is 9.97 Å². The molecule has 0 fully saturated rings. The second-order valence-electron chi connectivity index (χ2n) is 3.52. The number of rotatable bonds is 2. The summed E-state index contributed by atoms with van der Waals surface area (Å²) < 4.78 is 13.5. The van der Waals surface area contributed by atoms with Crippen LogP contribution >= 0.6 is 23.4 Å². The number of hydrogen-bond donors (Lipinski definition) is 0. The Morgan fingerprint density at radius 2 is 1.88 bits per heavy atom. The lowest BCUT2D eigenvalue weighted by atomic mass is 10.3. The van der Waals surface area contributed by atoms with E-state index in [4.69, 9.17) is 11.6 Å². The Balaban J connectivity index is 2.40. The van der Waals surface area contributed by atoms with Crippen LogP contribution < -0.4 is 0 Å². The van der Waals surface area contributed by atoms with E-state index in [-0.39, 0.29) is 5.82 Å².